The van der Waals surface area contributed by atoms with Crippen LogP contribution < -0.4 is 5.73 Å². The Morgan fingerprint density at radius 3 is 2.24 bits per heavy atom. The maximum atomic E-state index is 8.55. The van der Waals surface area contributed by atoms with Gasteiger partial charge in [0.25, 0.3) is 0 Å². The van der Waals surface area contributed by atoms with Gasteiger partial charge in [0.2, 0.25) is 0 Å². The largest absolute Gasteiger partial charge is 0.409 e. The van der Waals surface area contributed by atoms with Gasteiger partial charge in [-0.05, 0) is 29.7 Å². The highest BCUT2D eigenvalue weighted by atomic mass is 16.4. The maximum Gasteiger partial charge on any atom is 0.170 e. The first-order valence-corrected chi connectivity index (χ1v) is 5.25. The molecule has 0 radical (unpaired) electrons. The van der Waals surface area contributed by atoms with Crippen LogP contribution in [0.2, 0.25) is 0 Å². The molecule has 4 nitrogen and oxygen atoms in total. The van der Waals surface area contributed by atoms with Crippen molar-refractivity contribution in [3.8, 4) is 0 Å². The van der Waals surface area contributed by atoms with E-state index in [2.05, 4.69) is 10.1 Å². The highest BCUT2D eigenvalue weighted by molar-refractivity contribution is 5.96. The molecule has 1 heterocycles. The van der Waals surface area contributed by atoms with Gasteiger partial charge in [-0.25, -0.2) is 0 Å². The minimum absolute atomic E-state index is 0.125. The molecule has 4 heteroatoms. The SMILES string of the molecule is NC(=NO)c1ccc(Cc2ccncc2)cc1. The minimum atomic E-state index is 0.125. The summed E-state index contributed by atoms with van der Waals surface area (Å²) in [6.07, 6.45) is 4.40. The van der Waals surface area contributed by atoms with E-state index in [0.29, 0.717) is 5.56 Å². The van der Waals surface area contributed by atoms with Crippen molar-refractivity contribution < 1.29 is 5.21 Å². The molecule has 1 aromatic heterocycles. The lowest BCUT2D eigenvalue weighted by Crippen LogP contribution is -2.12. The fourth-order valence-electron chi connectivity index (χ4n) is 1.59. The quantitative estimate of drug-likeness (QED) is 0.363. The lowest BCUT2D eigenvalue weighted by atomic mass is 10.0. The summed E-state index contributed by atoms with van der Waals surface area (Å²) < 4.78 is 0. The van der Waals surface area contributed by atoms with Gasteiger partial charge in [-0.2, -0.15) is 0 Å². The Balaban J connectivity index is 2.14. The van der Waals surface area contributed by atoms with Crippen molar-refractivity contribution >= 4 is 5.84 Å². The van der Waals surface area contributed by atoms with Gasteiger partial charge in [0.15, 0.2) is 5.84 Å². The first kappa shape index (κ1) is 11.1. The number of hydrogen-bond donors (Lipinski definition) is 2. The molecule has 0 aliphatic carbocycles. The summed E-state index contributed by atoms with van der Waals surface area (Å²) in [5, 5.41) is 11.5. The third-order valence-corrected chi connectivity index (χ3v) is 2.52. The topological polar surface area (TPSA) is 71.5 Å². The van der Waals surface area contributed by atoms with Gasteiger partial charge in [0.05, 0.1) is 0 Å². The average molecular weight is 227 g/mol. The molecule has 0 bridgehead atoms. The normalized spacial score (nSPS) is 11.4. The smallest absolute Gasteiger partial charge is 0.170 e. The first-order chi connectivity index (χ1) is 8.29. The Labute approximate surface area is 99.4 Å². The Kier molecular flexibility index (Phi) is 3.35. The predicted molar refractivity (Wildman–Crippen MR) is 66.0 cm³/mol. The maximum absolute atomic E-state index is 8.55. The third-order valence-electron chi connectivity index (χ3n) is 2.52. The zero-order valence-corrected chi connectivity index (χ0v) is 9.24. The number of pyridine rings is 1. The van der Waals surface area contributed by atoms with E-state index in [4.69, 9.17) is 10.9 Å². The van der Waals surface area contributed by atoms with Gasteiger partial charge in [0.1, 0.15) is 0 Å². The van der Waals surface area contributed by atoms with E-state index in [9.17, 15) is 0 Å². The fourth-order valence-corrected chi connectivity index (χ4v) is 1.59. The van der Waals surface area contributed by atoms with Gasteiger partial charge in [0, 0.05) is 18.0 Å². The van der Waals surface area contributed by atoms with E-state index in [0.717, 1.165) is 6.42 Å². The molecular formula is C13H13N3O. The Morgan fingerprint density at radius 1 is 1.06 bits per heavy atom. The van der Waals surface area contributed by atoms with Crippen LogP contribution in [0.15, 0.2) is 53.9 Å². The van der Waals surface area contributed by atoms with Crippen LogP contribution in [0.1, 0.15) is 16.7 Å². The number of aromatic nitrogens is 1. The second kappa shape index (κ2) is 5.12. The summed E-state index contributed by atoms with van der Waals surface area (Å²) in [4.78, 5) is 3.98. The van der Waals surface area contributed by atoms with E-state index in [1.807, 2.05) is 36.4 Å². The number of hydrogen-bond acceptors (Lipinski definition) is 3. The summed E-state index contributed by atoms with van der Waals surface area (Å²) in [5.41, 5.74) is 8.58. The summed E-state index contributed by atoms with van der Waals surface area (Å²) in [5.74, 6) is 0.125. The molecule has 0 spiro atoms. The molecular weight excluding hydrogens is 214 g/mol. The fraction of sp³-hybridized carbons (Fsp3) is 0.0769. The van der Waals surface area contributed by atoms with Gasteiger partial charge in [-0.1, -0.05) is 29.4 Å². The molecule has 17 heavy (non-hydrogen) atoms. The number of nitrogens with two attached hydrogens (primary N) is 1. The van der Waals surface area contributed by atoms with Crippen LogP contribution in [-0.4, -0.2) is 16.0 Å². The van der Waals surface area contributed by atoms with Gasteiger partial charge >= 0.3 is 0 Å². The van der Waals surface area contributed by atoms with Crippen LogP contribution in [0.5, 0.6) is 0 Å². The van der Waals surface area contributed by atoms with E-state index < -0.39 is 0 Å². The molecule has 3 N–H and O–H groups in total. The standard InChI is InChI=1S/C13H13N3O/c14-13(16-17)12-3-1-10(2-4-12)9-11-5-7-15-8-6-11/h1-8,17H,9H2,(H2,14,16). The number of amidine groups is 1. The number of oxime groups is 1. The van der Waals surface area contributed by atoms with Crippen LogP contribution in [0.4, 0.5) is 0 Å². The van der Waals surface area contributed by atoms with Gasteiger partial charge in [-0.3, -0.25) is 4.98 Å². The highest BCUT2D eigenvalue weighted by Crippen LogP contribution is 2.10. The van der Waals surface area contributed by atoms with Crippen molar-refractivity contribution in [1.82, 2.24) is 4.98 Å². The summed E-state index contributed by atoms with van der Waals surface area (Å²) >= 11 is 0. The Morgan fingerprint density at radius 2 is 1.65 bits per heavy atom. The molecule has 86 valence electrons. The second-order valence-electron chi connectivity index (χ2n) is 3.71. The minimum Gasteiger partial charge on any atom is -0.409 e. The molecule has 0 saturated carbocycles. The van der Waals surface area contributed by atoms with Crippen molar-refractivity contribution in [2.75, 3.05) is 0 Å². The van der Waals surface area contributed by atoms with Crippen molar-refractivity contribution in [3.63, 3.8) is 0 Å². The molecule has 0 aliphatic heterocycles. The van der Waals surface area contributed by atoms with Crippen molar-refractivity contribution in [3.05, 3.63) is 65.5 Å². The molecule has 1 aromatic carbocycles. The van der Waals surface area contributed by atoms with Gasteiger partial charge < -0.3 is 10.9 Å². The van der Waals surface area contributed by atoms with Crippen LogP contribution in [0.25, 0.3) is 0 Å². The van der Waals surface area contributed by atoms with E-state index in [-0.39, 0.29) is 5.84 Å². The van der Waals surface area contributed by atoms with Crippen LogP contribution in [0, 0.1) is 0 Å². The zero-order chi connectivity index (χ0) is 12.1. The number of benzene rings is 1. The van der Waals surface area contributed by atoms with E-state index in [1.165, 1.54) is 11.1 Å². The van der Waals surface area contributed by atoms with Crippen molar-refractivity contribution in [2.24, 2.45) is 10.9 Å². The molecule has 0 saturated heterocycles. The lowest BCUT2D eigenvalue weighted by Gasteiger charge is -2.03. The van der Waals surface area contributed by atoms with Crippen molar-refractivity contribution in [2.45, 2.75) is 6.42 Å². The first-order valence-electron chi connectivity index (χ1n) is 5.25. The number of rotatable bonds is 3. The Hall–Kier alpha value is -2.36. The van der Waals surface area contributed by atoms with Crippen molar-refractivity contribution in [1.29, 1.82) is 0 Å². The monoisotopic (exact) mass is 227 g/mol. The molecule has 2 rings (SSSR count). The van der Waals surface area contributed by atoms with E-state index in [1.54, 1.807) is 12.4 Å². The third kappa shape index (κ3) is 2.81. The zero-order valence-electron chi connectivity index (χ0n) is 9.24. The number of nitrogens with zero attached hydrogens (tertiary/aromatic N) is 2. The molecule has 0 atom stereocenters. The van der Waals surface area contributed by atoms with Gasteiger partial charge in [-0.15, -0.1) is 0 Å². The molecule has 0 unspecified atom stereocenters. The molecule has 0 amide bonds. The summed E-state index contributed by atoms with van der Waals surface area (Å²) in [6.45, 7) is 0. The molecule has 0 fully saturated rings. The lowest BCUT2D eigenvalue weighted by molar-refractivity contribution is 0.318. The van der Waals surface area contributed by atoms with Crippen LogP contribution in [-0.2, 0) is 6.42 Å². The molecule has 2 aromatic rings. The predicted octanol–water partition coefficient (Wildman–Crippen LogP) is 1.77. The summed E-state index contributed by atoms with van der Waals surface area (Å²) in [6, 6.07) is 11.6. The summed E-state index contributed by atoms with van der Waals surface area (Å²) in [7, 11) is 0. The van der Waals surface area contributed by atoms with Crippen LogP contribution in [0.3, 0.4) is 0 Å². The van der Waals surface area contributed by atoms with E-state index >= 15 is 0 Å². The second-order valence-corrected chi connectivity index (χ2v) is 3.71. The highest BCUT2D eigenvalue weighted by Gasteiger charge is 2.00. The average Bonchev–Trinajstić information content (AvgIpc) is 2.40. The Bertz CT molecular complexity index is 506. The van der Waals surface area contributed by atoms with Crippen LogP contribution >= 0.6 is 0 Å². The molecule has 0 aliphatic rings.